The molecule has 3 nitrogen and oxygen atoms in total. The van der Waals surface area contributed by atoms with E-state index in [9.17, 15) is 8.42 Å². The minimum atomic E-state index is -3.61. The maximum atomic E-state index is 13.2. The number of allylic oxidation sites excluding steroid dienone is 1. The molecule has 1 aliphatic carbocycles. The van der Waals surface area contributed by atoms with E-state index < -0.39 is 10.0 Å². The Morgan fingerprint density at radius 3 is 2.36 bits per heavy atom. The second-order valence-electron chi connectivity index (χ2n) is 6.73. The predicted octanol–water partition coefficient (Wildman–Crippen LogP) is 5.14. The molecular weight excluding hydrogens is 330 g/mol. The number of nitrogens with zero attached hydrogens (tertiary/aromatic N) is 1. The third kappa shape index (κ3) is 2.91. The number of hydrogen-bond acceptors (Lipinski definition) is 2. The summed E-state index contributed by atoms with van der Waals surface area (Å²) in [6.07, 6.45) is 8.63. The predicted molar refractivity (Wildman–Crippen MR) is 102 cm³/mol. The Morgan fingerprint density at radius 1 is 0.960 bits per heavy atom. The molecule has 0 spiro atoms. The maximum absolute atomic E-state index is 13.2. The summed E-state index contributed by atoms with van der Waals surface area (Å²) in [6, 6.07) is 14.7. The van der Waals surface area contributed by atoms with Crippen LogP contribution in [-0.4, -0.2) is 12.4 Å². The van der Waals surface area contributed by atoms with Crippen LogP contribution in [0.3, 0.4) is 0 Å². The number of para-hydroxylation sites is 1. The van der Waals surface area contributed by atoms with Gasteiger partial charge in [0.25, 0.3) is 10.0 Å². The van der Waals surface area contributed by atoms with Crippen molar-refractivity contribution in [3.63, 3.8) is 0 Å². The quantitative estimate of drug-likeness (QED) is 0.655. The Balaban J connectivity index is 1.90. The number of hydrogen-bond donors (Lipinski definition) is 0. The molecule has 0 amide bonds. The van der Waals surface area contributed by atoms with Gasteiger partial charge in [-0.05, 0) is 50.8 Å². The van der Waals surface area contributed by atoms with Gasteiger partial charge in [0.15, 0.2) is 0 Å². The Kier molecular flexibility index (Phi) is 4.00. The zero-order valence-corrected chi connectivity index (χ0v) is 15.1. The van der Waals surface area contributed by atoms with E-state index in [1.807, 2.05) is 43.3 Å². The van der Waals surface area contributed by atoms with E-state index in [-0.39, 0.29) is 0 Å². The highest BCUT2D eigenvalue weighted by atomic mass is 32.2. The first-order valence-corrected chi connectivity index (χ1v) is 10.1. The van der Waals surface area contributed by atoms with Crippen molar-refractivity contribution < 1.29 is 8.42 Å². The summed E-state index contributed by atoms with van der Waals surface area (Å²) >= 11 is 0. The number of benzene rings is 2. The highest BCUT2D eigenvalue weighted by Crippen LogP contribution is 2.31. The lowest BCUT2D eigenvalue weighted by Crippen LogP contribution is -2.11. The fraction of sp³-hybridized carbons (Fsp3) is 0.238. The summed E-state index contributed by atoms with van der Waals surface area (Å²) in [5.74, 6) is 0. The summed E-state index contributed by atoms with van der Waals surface area (Å²) < 4.78 is 27.7. The van der Waals surface area contributed by atoms with Crippen molar-refractivity contribution in [1.29, 1.82) is 0 Å². The second kappa shape index (κ2) is 6.19. The third-order valence-corrected chi connectivity index (χ3v) is 6.58. The zero-order valence-electron chi connectivity index (χ0n) is 14.3. The zero-order chi connectivity index (χ0) is 17.4. The number of aromatic nitrogens is 1. The fourth-order valence-corrected chi connectivity index (χ4v) is 4.88. The van der Waals surface area contributed by atoms with Crippen LogP contribution in [0.4, 0.5) is 0 Å². The van der Waals surface area contributed by atoms with Crippen molar-refractivity contribution in [1.82, 2.24) is 3.97 Å². The van der Waals surface area contributed by atoms with Crippen molar-refractivity contribution in [2.24, 2.45) is 0 Å². The molecule has 1 saturated carbocycles. The molecule has 0 N–H and O–H groups in total. The molecule has 1 heterocycles. The molecule has 0 bridgehead atoms. The van der Waals surface area contributed by atoms with E-state index >= 15 is 0 Å². The molecule has 2 aromatic carbocycles. The molecule has 0 radical (unpaired) electrons. The molecule has 0 aliphatic heterocycles. The van der Waals surface area contributed by atoms with Gasteiger partial charge >= 0.3 is 0 Å². The molecule has 25 heavy (non-hydrogen) atoms. The van der Waals surface area contributed by atoms with E-state index in [1.165, 1.54) is 22.4 Å². The van der Waals surface area contributed by atoms with Crippen molar-refractivity contribution >= 4 is 27.0 Å². The summed E-state index contributed by atoms with van der Waals surface area (Å²) in [7, 11) is -3.61. The summed E-state index contributed by atoms with van der Waals surface area (Å²) in [5.41, 5.74) is 4.18. The number of fused-ring (bicyclic) bond motifs is 1. The highest BCUT2D eigenvalue weighted by Gasteiger charge is 2.21. The van der Waals surface area contributed by atoms with Crippen LogP contribution < -0.4 is 0 Å². The lowest BCUT2D eigenvalue weighted by Gasteiger charge is -2.07. The Bertz CT molecular complexity index is 1050. The van der Waals surface area contributed by atoms with E-state index in [0.717, 1.165) is 34.9 Å². The van der Waals surface area contributed by atoms with Crippen LogP contribution in [0.25, 0.3) is 17.0 Å². The van der Waals surface area contributed by atoms with Crippen molar-refractivity contribution in [3.05, 3.63) is 71.4 Å². The van der Waals surface area contributed by atoms with Crippen LogP contribution in [-0.2, 0) is 10.0 Å². The highest BCUT2D eigenvalue weighted by molar-refractivity contribution is 7.90. The van der Waals surface area contributed by atoms with Crippen LogP contribution in [0.15, 0.2) is 65.2 Å². The maximum Gasteiger partial charge on any atom is 0.268 e. The summed E-state index contributed by atoms with van der Waals surface area (Å²) in [6.45, 7) is 1.95. The second-order valence-corrected chi connectivity index (χ2v) is 8.54. The Hall–Kier alpha value is -2.33. The van der Waals surface area contributed by atoms with Crippen LogP contribution >= 0.6 is 0 Å². The van der Waals surface area contributed by atoms with Gasteiger partial charge in [0.05, 0.1) is 10.4 Å². The van der Waals surface area contributed by atoms with Crippen molar-refractivity contribution in [3.8, 4) is 0 Å². The molecule has 0 unspecified atom stereocenters. The van der Waals surface area contributed by atoms with Gasteiger partial charge < -0.3 is 0 Å². The molecule has 0 saturated heterocycles. The van der Waals surface area contributed by atoms with E-state index in [1.54, 1.807) is 18.3 Å². The largest absolute Gasteiger partial charge is 0.268 e. The molecule has 128 valence electrons. The first-order chi connectivity index (χ1) is 12.1. The normalized spacial score (nSPS) is 15.0. The van der Waals surface area contributed by atoms with Crippen LogP contribution in [0, 0.1) is 6.92 Å². The lowest BCUT2D eigenvalue weighted by atomic mass is 10.1. The number of aryl methyl sites for hydroxylation is 1. The molecular formula is C21H21NO2S. The molecule has 1 aliphatic rings. The third-order valence-electron chi connectivity index (χ3n) is 4.89. The van der Waals surface area contributed by atoms with Crippen molar-refractivity contribution in [2.75, 3.05) is 0 Å². The monoisotopic (exact) mass is 351 g/mol. The average molecular weight is 351 g/mol. The minimum absolute atomic E-state index is 0.318. The molecule has 3 aromatic rings. The van der Waals surface area contributed by atoms with Gasteiger partial charge in [-0.1, -0.05) is 47.5 Å². The average Bonchev–Trinajstić information content (AvgIpc) is 3.24. The minimum Gasteiger partial charge on any atom is -0.241 e. The van der Waals surface area contributed by atoms with E-state index in [0.29, 0.717) is 4.90 Å². The summed E-state index contributed by atoms with van der Waals surface area (Å²) in [5, 5.41) is 0.984. The standard InChI is InChI=1S/C21H21NO2S/c1-16-10-12-19(13-11-16)25(23,24)22-15-18(14-17-6-2-3-7-17)20-8-4-5-9-21(20)22/h4-5,8-15H,2-3,6-7H2,1H3. The van der Waals surface area contributed by atoms with Crippen LogP contribution in [0.2, 0.25) is 0 Å². The molecule has 1 fully saturated rings. The van der Waals surface area contributed by atoms with Gasteiger partial charge in [-0.3, -0.25) is 0 Å². The number of rotatable bonds is 3. The summed E-state index contributed by atoms with van der Waals surface area (Å²) in [4.78, 5) is 0.318. The van der Waals surface area contributed by atoms with Crippen LogP contribution in [0.5, 0.6) is 0 Å². The Labute approximate surface area is 148 Å². The molecule has 0 atom stereocenters. The van der Waals surface area contributed by atoms with E-state index in [2.05, 4.69) is 6.08 Å². The topological polar surface area (TPSA) is 39.1 Å². The van der Waals surface area contributed by atoms with Gasteiger partial charge in [0, 0.05) is 17.1 Å². The molecule has 4 heteroatoms. The van der Waals surface area contributed by atoms with Gasteiger partial charge in [0.1, 0.15) is 0 Å². The Morgan fingerprint density at radius 2 is 1.64 bits per heavy atom. The fourth-order valence-electron chi connectivity index (χ4n) is 3.51. The van der Waals surface area contributed by atoms with Crippen molar-refractivity contribution in [2.45, 2.75) is 37.5 Å². The van der Waals surface area contributed by atoms with Gasteiger partial charge in [-0.2, -0.15) is 0 Å². The van der Waals surface area contributed by atoms with Gasteiger partial charge in [-0.25, -0.2) is 12.4 Å². The van der Waals surface area contributed by atoms with Crippen LogP contribution in [0.1, 0.15) is 36.8 Å². The SMILES string of the molecule is Cc1ccc(S(=O)(=O)n2cc(C=C3CCCC3)c3ccccc32)cc1. The van der Waals surface area contributed by atoms with Gasteiger partial charge in [0.2, 0.25) is 0 Å². The molecule has 4 rings (SSSR count). The van der Waals surface area contributed by atoms with E-state index in [4.69, 9.17) is 0 Å². The smallest absolute Gasteiger partial charge is 0.241 e. The first kappa shape index (κ1) is 16.2. The first-order valence-electron chi connectivity index (χ1n) is 8.67. The molecule has 1 aromatic heterocycles. The van der Waals surface area contributed by atoms with Gasteiger partial charge in [-0.15, -0.1) is 0 Å². The lowest BCUT2D eigenvalue weighted by molar-refractivity contribution is 0.589.